The van der Waals surface area contributed by atoms with Crippen LogP contribution in [-0.4, -0.2) is 43.2 Å². The first-order chi connectivity index (χ1) is 17.1. The summed E-state index contributed by atoms with van der Waals surface area (Å²) in [6.45, 7) is 1.73. The summed E-state index contributed by atoms with van der Waals surface area (Å²) in [6.07, 6.45) is -3.86. The van der Waals surface area contributed by atoms with Crippen molar-refractivity contribution in [2.75, 3.05) is 32.0 Å². The number of fused-ring (bicyclic) bond motifs is 1. The van der Waals surface area contributed by atoms with Crippen LogP contribution in [0.15, 0.2) is 36.5 Å². The lowest BCUT2D eigenvalue weighted by atomic mass is 9.95. The monoisotopic (exact) mass is 524 g/mol. The Morgan fingerprint density at radius 2 is 1.83 bits per heavy atom. The lowest BCUT2D eigenvalue weighted by molar-refractivity contribution is -0.173. The molecule has 0 unspecified atom stereocenters. The molecular weight excluding hydrogens is 501 g/mol. The van der Waals surface area contributed by atoms with Crippen LogP contribution in [0.25, 0.3) is 0 Å². The van der Waals surface area contributed by atoms with Gasteiger partial charge < -0.3 is 24.8 Å². The molecule has 2 N–H and O–H groups in total. The Balaban J connectivity index is 1.75. The molecule has 1 aliphatic rings. The Bertz CT molecular complexity index is 1270. The highest BCUT2D eigenvalue weighted by molar-refractivity contribution is 6.31. The molecular formula is C24H24ClF3N4O4. The number of benzene rings is 2. The van der Waals surface area contributed by atoms with Gasteiger partial charge in [0.05, 0.1) is 33.6 Å². The summed E-state index contributed by atoms with van der Waals surface area (Å²) in [5.41, 5.74) is 1.49. The number of anilines is 2. The SMILES string of the molecule is COc1cc([C@@H]2C[C@H](C(F)(F)F)n3ncc(C(=O)Nc4cccc(Cl)c4C)c3N2)cc(OC)c1OC. The fourth-order valence-corrected chi connectivity index (χ4v) is 4.36. The first kappa shape index (κ1) is 25.5. The second-order valence-electron chi connectivity index (χ2n) is 8.17. The highest BCUT2D eigenvalue weighted by Gasteiger charge is 2.47. The quantitative estimate of drug-likeness (QED) is 0.425. The first-order valence-electron chi connectivity index (χ1n) is 10.9. The van der Waals surface area contributed by atoms with Crippen molar-refractivity contribution in [3.8, 4) is 17.2 Å². The summed E-state index contributed by atoms with van der Waals surface area (Å²) in [5, 5.41) is 10.1. The molecule has 2 aromatic carbocycles. The molecule has 1 amide bonds. The van der Waals surface area contributed by atoms with E-state index in [-0.39, 0.29) is 17.8 Å². The lowest BCUT2D eigenvalue weighted by Crippen LogP contribution is -2.36. The third-order valence-electron chi connectivity index (χ3n) is 6.09. The van der Waals surface area contributed by atoms with Gasteiger partial charge in [-0.1, -0.05) is 17.7 Å². The van der Waals surface area contributed by atoms with Crippen LogP contribution in [0, 0.1) is 6.92 Å². The molecule has 2 atom stereocenters. The van der Waals surface area contributed by atoms with E-state index < -0.39 is 24.2 Å². The van der Waals surface area contributed by atoms with Crippen molar-refractivity contribution in [2.45, 2.75) is 31.6 Å². The molecule has 1 aromatic heterocycles. The second-order valence-corrected chi connectivity index (χ2v) is 8.57. The number of halogens is 4. The molecule has 0 fully saturated rings. The van der Waals surface area contributed by atoms with E-state index in [1.807, 2.05) is 0 Å². The summed E-state index contributed by atoms with van der Waals surface area (Å²) in [6, 6.07) is 5.34. The smallest absolute Gasteiger partial charge is 0.410 e. The Hall–Kier alpha value is -3.60. The van der Waals surface area contributed by atoms with E-state index in [4.69, 9.17) is 25.8 Å². The normalized spacial score (nSPS) is 17.1. The summed E-state index contributed by atoms with van der Waals surface area (Å²) >= 11 is 6.13. The van der Waals surface area contributed by atoms with Crippen LogP contribution in [0.1, 0.15) is 40.0 Å². The Labute approximate surface area is 210 Å². The molecule has 12 heteroatoms. The van der Waals surface area contributed by atoms with Crippen molar-refractivity contribution < 1.29 is 32.2 Å². The van der Waals surface area contributed by atoms with Gasteiger partial charge in [0, 0.05) is 17.1 Å². The number of hydrogen-bond acceptors (Lipinski definition) is 6. The average Bonchev–Trinajstić information content (AvgIpc) is 3.28. The van der Waals surface area contributed by atoms with Crippen molar-refractivity contribution in [1.82, 2.24) is 9.78 Å². The molecule has 2 heterocycles. The number of aromatic nitrogens is 2. The van der Waals surface area contributed by atoms with Crippen LogP contribution in [-0.2, 0) is 0 Å². The van der Waals surface area contributed by atoms with Crippen LogP contribution in [0.4, 0.5) is 24.7 Å². The van der Waals surface area contributed by atoms with Crippen LogP contribution in [0.2, 0.25) is 5.02 Å². The highest BCUT2D eigenvalue weighted by Crippen LogP contribution is 2.47. The molecule has 3 aromatic rings. The molecule has 4 rings (SSSR count). The van der Waals surface area contributed by atoms with Crippen molar-refractivity contribution in [2.24, 2.45) is 0 Å². The maximum absolute atomic E-state index is 14.1. The van der Waals surface area contributed by atoms with Gasteiger partial charge in [-0.2, -0.15) is 18.3 Å². The van der Waals surface area contributed by atoms with Gasteiger partial charge in [-0.3, -0.25) is 4.79 Å². The topological polar surface area (TPSA) is 86.6 Å². The molecule has 0 saturated carbocycles. The van der Waals surface area contributed by atoms with Crippen molar-refractivity contribution >= 4 is 29.0 Å². The third-order valence-corrected chi connectivity index (χ3v) is 6.50. The van der Waals surface area contributed by atoms with Gasteiger partial charge in [0.25, 0.3) is 5.91 Å². The number of rotatable bonds is 6. The lowest BCUT2D eigenvalue weighted by Gasteiger charge is -2.34. The van der Waals surface area contributed by atoms with Crippen molar-refractivity contribution in [1.29, 1.82) is 0 Å². The fourth-order valence-electron chi connectivity index (χ4n) is 4.18. The fraction of sp³-hybridized carbons (Fsp3) is 0.333. The zero-order chi connectivity index (χ0) is 26.2. The van der Waals surface area contributed by atoms with E-state index >= 15 is 0 Å². The van der Waals surface area contributed by atoms with E-state index in [1.165, 1.54) is 21.3 Å². The minimum absolute atomic E-state index is 0.0410. The summed E-state index contributed by atoms with van der Waals surface area (Å²) < 4.78 is 59.1. The van der Waals surface area contributed by atoms with E-state index in [2.05, 4.69) is 15.7 Å². The van der Waals surface area contributed by atoms with Crippen LogP contribution in [0.5, 0.6) is 17.2 Å². The minimum atomic E-state index is -4.61. The largest absolute Gasteiger partial charge is 0.493 e. The average molecular weight is 525 g/mol. The van der Waals surface area contributed by atoms with E-state index in [0.717, 1.165) is 10.9 Å². The van der Waals surface area contributed by atoms with Gasteiger partial charge in [-0.05, 0) is 42.3 Å². The van der Waals surface area contributed by atoms with Crippen molar-refractivity contribution in [3.63, 3.8) is 0 Å². The van der Waals surface area contributed by atoms with Crippen molar-refractivity contribution in [3.05, 3.63) is 58.2 Å². The van der Waals surface area contributed by atoms with Crippen LogP contribution < -0.4 is 24.8 Å². The zero-order valence-electron chi connectivity index (χ0n) is 19.9. The first-order valence-corrected chi connectivity index (χ1v) is 11.2. The molecule has 192 valence electrons. The van der Waals surface area contributed by atoms with E-state index in [9.17, 15) is 18.0 Å². The zero-order valence-corrected chi connectivity index (χ0v) is 20.6. The molecule has 8 nitrogen and oxygen atoms in total. The predicted molar refractivity (Wildman–Crippen MR) is 129 cm³/mol. The Morgan fingerprint density at radius 3 is 2.42 bits per heavy atom. The molecule has 0 aliphatic carbocycles. The Kier molecular flexibility index (Phi) is 6.94. The summed E-state index contributed by atoms with van der Waals surface area (Å²) in [5.74, 6) is 0.227. The standard InChI is InChI=1S/C24H24ClF3N4O4/c1-12-15(25)6-5-7-16(12)31-23(33)14-11-29-32-20(24(26,27)28)10-17(30-22(14)32)13-8-18(34-2)21(36-4)19(9-13)35-3/h5-9,11,17,20,30H,10H2,1-4H3,(H,31,33)/t17-,20+/m0/s1. The van der Waals surface area contributed by atoms with Crippen LogP contribution in [0.3, 0.4) is 0 Å². The maximum atomic E-state index is 14.1. The molecule has 0 spiro atoms. The Morgan fingerprint density at radius 1 is 1.17 bits per heavy atom. The molecule has 0 bridgehead atoms. The van der Waals surface area contributed by atoms with Gasteiger partial charge in [0.1, 0.15) is 11.4 Å². The van der Waals surface area contributed by atoms with Gasteiger partial charge in [0.2, 0.25) is 5.75 Å². The number of nitrogens with one attached hydrogen (secondary N) is 2. The number of ether oxygens (including phenoxy) is 3. The van der Waals surface area contributed by atoms with E-state index in [1.54, 1.807) is 37.3 Å². The van der Waals surface area contributed by atoms with E-state index in [0.29, 0.717) is 39.1 Å². The molecule has 36 heavy (non-hydrogen) atoms. The number of amides is 1. The third kappa shape index (κ3) is 4.62. The van der Waals surface area contributed by atoms with Gasteiger partial charge in [0.15, 0.2) is 17.5 Å². The maximum Gasteiger partial charge on any atom is 0.410 e. The molecule has 1 aliphatic heterocycles. The molecule has 0 saturated heterocycles. The minimum Gasteiger partial charge on any atom is -0.493 e. The number of nitrogens with zero attached hydrogens (tertiary/aromatic N) is 2. The number of methoxy groups -OCH3 is 3. The molecule has 0 radical (unpaired) electrons. The van der Waals surface area contributed by atoms with Gasteiger partial charge in [-0.15, -0.1) is 0 Å². The number of hydrogen-bond donors (Lipinski definition) is 2. The van der Waals surface area contributed by atoms with Gasteiger partial charge >= 0.3 is 6.18 Å². The number of alkyl halides is 3. The highest BCUT2D eigenvalue weighted by atomic mass is 35.5. The summed E-state index contributed by atoms with van der Waals surface area (Å²) in [4.78, 5) is 13.1. The number of carbonyl (C=O) groups excluding carboxylic acids is 1. The van der Waals surface area contributed by atoms with Crippen LogP contribution >= 0.6 is 11.6 Å². The number of carbonyl (C=O) groups is 1. The van der Waals surface area contributed by atoms with Gasteiger partial charge in [-0.25, -0.2) is 4.68 Å². The predicted octanol–water partition coefficient (Wildman–Crippen LogP) is 5.78. The second kappa shape index (κ2) is 9.81. The summed E-state index contributed by atoms with van der Waals surface area (Å²) in [7, 11) is 4.27.